The summed E-state index contributed by atoms with van der Waals surface area (Å²) in [5, 5.41) is 17.7. The number of rotatable bonds is 6. The second kappa shape index (κ2) is 7.12. The van der Waals surface area contributed by atoms with Gasteiger partial charge in [-0.1, -0.05) is 6.07 Å². The highest BCUT2D eigenvalue weighted by Gasteiger charge is 2.30. The van der Waals surface area contributed by atoms with E-state index in [1.807, 2.05) is 6.07 Å². The van der Waals surface area contributed by atoms with Gasteiger partial charge in [0.2, 0.25) is 0 Å². The van der Waals surface area contributed by atoms with Crippen molar-refractivity contribution in [2.75, 3.05) is 26.8 Å². The van der Waals surface area contributed by atoms with Crippen LogP contribution in [0.3, 0.4) is 0 Å². The number of nitriles is 1. The van der Waals surface area contributed by atoms with Gasteiger partial charge in [-0.05, 0) is 17.7 Å². The quantitative estimate of drug-likeness (QED) is 0.869. The first-order chi connectivity index (χ1) is 9.39. The Hall–Kier alpha value is -1.78. The third kappa shape index (κ3) is 5.07. The van der Waals surface area contributed by atoms with Crippen LogP contribution in [0.15, 0.2) is 18.2 Å². The average Bonchev–Trinajstić information content (AvgIpc) is 2.37. The molecule has 7 heteroatoms. The van der Waals surface area contributed by atoms with Gasteiger partial charge in [0.05, 0.1) is 25.8 Å². The molecule has 0 saturated heterocycles. The van der Waals surface area contributed by atoms with E-state index >= 15 is 0 Å². The van der Waals surface area contributed by atoms with E-state index in [2.05, 4.69) is 0 Å². The molecule has 0 aliphatic carbocycles. The summed E-state index contributed by atoms with van der Waals surface area (Å²) in [5.74, 6) is 0.320. The summed E-state index contributed by atoms with van der Waals surface area (Å²) in [4.78, 5) is 1.08. The SMILES string of the molecule is COc1cc(CN(CCO)CC(F)(F)F)ccc1C#N. The van der Waals surface area contributed by atoms with Crippen molar-refractivity contribution in [1.82, 2.24) is 4.90 Å². The first-order valence-corrected chi connectivity index (χ1v) is 5.86. The van der Waals surface area contributed by atoms with Crippen LogP contribution in [0.2, 0.25) is 0 Å². The van der Waals surface area contributed by atoms with Crippen LogP contribution in [-0.4, -0.2) is 43.0 Å². The van der Waals surface area contributed by atoms with Crippen molar-refractivity contribution in [3.63, 3.8) is 0 Å². The summed E-state index contributed by atoms with van der Waals surface area (Å²) >= 11 is 0. The molecule has 0 aliphatic heterocycles. The van der Waals surface area contributed by atoms with Gasteiger partial charge in [-0.2, -0.15) is 18.4 Å². The molecule has 20 heavy (non-hydrogen) atoms. The fourth-order valence-electron chi connectivity index (χ4n) is 1.79. The average molecular weight is 288 g/mol. The maximum absolute atomic E-state index is 12.4. The lowest BCUT2D eigenvalue weighted by Gasteiger charge is -2.23. The fraction of sp³-hybridized carbons (Fsp3) is 0.462. The molecule has 0 bridgehead atoms. The van der Waals surface area contributed by atoms with Gasteiger partial charge in [0.1, 0.15) is 11.8 Å². The van der Waals surface area contributed by atoms with Crippen LogP contribution in [0.4, 0.5) is 13.2 Å². The summed E-state index contributed by atoms with van der Waals surface area (Å²) in [6.07, 6.45) is -4.33. The topological polar surface area (TPSA) is 56.5 Å². The van der Waals surface area contributed by atoms with Gasteiger partial charge in [-0.25, -0.2) is 0 Å². The van der Waals surface area contributed by atoms with Gasteiger partial charge in [0, 0.05) is 13.1 Å². The molecule has 1 rings (SSSR count). The third-order valence-electron chi connectivity index (χ3n) is 2.61. The molecule has 0 atom stereocenters. The minimum Gasteiger partial charge on any atom is -0.495 e. The lowest BCUT2D eigenvalue weighted by atomic mass is 10.1. The van der Waals surface area contributed by atoms with E-state index in [1.165, 1.54) is 19.2 Å². The van der Waals surface area contributed by atoms with Crippen molar-refractivity contribution >= 4 is 0 Å². The standard InChI is InChI=1S/C13H15F3N2O2/c1-20-12-6-10(2-3-11(12)7-17)8-18(4-5-19)9-13(14,15)16/h2-3,6,19H,4-5,8-9H2,1H3. The molecule has 1 aromatic carbocycles. The molecule has 110 valence electrons. The Bertz CT molecular complexity index is 483. The Morgan fingerprint density at radius 3 is 2.60 bits per heavy atom. The zero-order valence-electron chi connectivity index (χ0n) is 10.9. The summed E-state index contributed by atoms with van der Waals surface area (Å²) < 4.78 is 42.2. The van der Waals surface area contributed by atoms with Crippen molar-refractivity contribution in [2.24, 2.45) is 0 Å². The van der Waals surface area contributed by atoms with Crippen molar-refractivity contribution in [1.29, 1.82) is 5.26 Å². The second-order valence-corrected chi connectivity index (χ2v) is 4.20. The van der Waals surface area contributed by atoms with E-state index < -0.39 is 12.7 Å². The number of alkyl halides is 3. The molecule has 0 spiro atoms. The number of benzene rings is 1. The summed E-state index contributed by atoms with van der Waals surface area (Å²) in [7, 11) is 1.39. The molecule has 0 radical (unpaired) electrons. The number of nitrogens with zero attached hydrogens (tertiary/aromatic N) is 2. The zero-order chi connectivity index (χ0) is 15.2. The highest BCUT2D eigenvalue weighted by molar-refractivity contribution is 5.45. The van der Waals surface area contributed by atoms with Gasteiger partial charge < -0.3 is 9.84 Å². The first kappa shape index (κ1) is 16.3. The number of aliphatic hydroxyl groups is 1. The smallest absolute Gasteiger partial charge is 0.401 e. The first-order valence-electron chi connectivity index (χ1n) is 5.86. The van der Waals surface area contributed by atoms with Crippen molar-refractivity contribution in [3.05, 3.63) is 29.3 Å². The summed E-state index contributed by atoms with van der Waals surface area (Å²) in [5.41, 5.74) is 0.902. The van der Waals surface area contributed by atoms with Crippen LogP contribution < -0.4 is 4.74 Å². The Labute approximate surface area is 115 Å². The summed E-state index contributed by atoms with van der Waals surface area (Å²) in [6.45, 7) is -1.52. The lowest BCUT2D eigenvalue weighted by molar-refractivity contribution is -0.147. The van der Waals surface area contributed by atoms with Gasteiger partial charge in [-0.15, -0.1) is 0 Å². The zero-order valence-corrected chi connectivity index (χ0v) is 10.9. The van der Waals surface area contributed by atoms with E-state index in [9.17, 15) is 13.2 Å². The Balaban J connectivity index is 2.86. The van der Waals surface area contributed by atoms with Crippen LogP contribution in [0.1, 0.15) is 11.1 Å². The molecule has 0 fully saturated rings. The Morgan fingerprint density at radius 2 is 2.10 bits per heavy atom. The van der Waals surface area contributed by atoms with E-state index in [-0.39, 0.29) is 19.7 Å². The monoisotopic (exact) mass is 288 g/mol. The van der Waals surface area contributed by atoms with Crippen LogP contribution >= 0.6 is 0 Å². The van der Waals surface area contributed by atoms with Gasteiger partial charge in [0.15, 0.2) is 0 Å². The minimum atomic E-state index is -4.33. The number of ether oxygens (including phenoxy) is 1. The number of hydrogen-bond donors (Lipinski definition) is 1. The molecular formula is C13H15F3N2O2. The molecular weight excluding hydrogens is 273 g/mol. The maximum Gasteiger partial charge on any atom is 0.401 e. The highest BCUT2D eigenvalue weighted by Crippen LogP contribution is 2.22. The van der Waals surface area contributed by atoms with Gasteiger partial charge in [-0.3, -0.25) is 4.90 Å². The molecule has 0 unspecified atom stereocenters. The lowest BCUT2D eigenvalue weighted by Crippen LogP contribution is -2.35. The summed E-state index contributed by atoms with van der Waals surface area (Å²) in [6, 6.07) is 6.53. The molecule has 1 N–H and O–H groups in total. The molecule has 4 nitrogen and oxygen atoms in total. The number of halogens is 3. The Morgan fingerprint density at radius 1 is 1.40 bits per heavy atom. The van der Waals surface area contributed by atoms with E-state index in [0.29, 0.717) is 16.9 Å². The molecule has 0 amide bonds. The van der Waals surface area contributed by atoms with E-state index in [4.69, 9.17) is 15.1 Å². The molecule has 0 aliphatic rings. The van der Waals surface area contributed by atoms with Gasteiger partial charge in [0.25, 0.3) is 0 Å². The van der Waals surface area contributed by atoms with Crippen LogP contribution in [-0.2, 0) is 6.54 Å². The normalized spacial score (nSPS) is 11.4. The second-order valence-electron chi connectivity index (χ2n) is 4.20. The van der Waals surface area contributed by atoms with Crippen LogP contribution in [0.25, 0.3) is 0 Å². The minimum absolute atomic E-state index is 0.0160. The predicted octanol–water partition coefficient (Wildman–Crippen LogP) is 1.92. The van der Waals surface area contributed by atoms with E-state index in [1.54, 1.807) is 6.07 Å². The molecule has 0 heterocycles. The van der Waals surface area contributed by atoms with Crippen molar-refractivity contribution in [3.8, 4) is 11.8 Å². The third-order valence-corrected chi connectivity index (χ3v) is 2.61. The largest absolute Gasteiger partial charge is 0.495 e. The number of aliphatic hydroxyl groups excluding tert-OH is 1. The van der Waals surface area contributed by atoms with Crippen molar-refractivity contribution < 1.29 is 23.0 Å². The van der Waals surface area contributed by atoms with E-state index in [0.717, 1.165) is 4.90 Å². The molecule has 1 aromatic rings. The highest BCUT2D eigenvalue weighted by atomic mass is 19.4. The fourth-order valence-corrected chi connectivity index (χ4v) is 1.79. The number of hydrogen-bond acceptors (Lipinski definition) is 4. The van der Waals surface area contributed by atoms with Crippen molar-refractivity contribution in [2.45, 2.75) is 12.7 Å². The van der Waals surface area contributed by atoms with Crippen LogP contribution in [0.5, 0.6) is 5.75 Å². The molecule has 0 saturated carbocycles. The Kier molecular flexibility index (Phi) is 5.80. The molecule has 0 aromatic heterocycles. The van der Waals surface area contributed by atoms with Crippen LogP contribution in [0, 0.1) is 11.3 Å². The number of methoxy groups -OCH3 is 1. The predicted molar refractivity (Wildman–Crippen MR) is 66.1 cm³/mol. The van der Waals surface area contributed by atoms with Gasteiger partial charge >= 0.3 is 6.18 Å². The maximum atomic E-state index is 12.4.